The smallest absolute Gasteiger partial charge is 0.150 e. The zero-order valence-corrected chi connectivity index (χ0v) is 12.4. The normalized spacial score (nSPS) is 10.6. The fourth-order valence-corrected chi connectivity index (χ4v) is 2.34. The second-order valence-electron chi connectivity index (χ2n) is 4.18. The van der Waals surface area contributed by atoms with Crippen molar-refractivity contribution in [2.45, 2.75) is 13.5 Å². The van der Waals surface area contributed by atoms with Gasteiger partial charge in [-0.1, -0.05) is 39.7 Å². The largest absolute Gasteiger partial charge is 0.377 e. The predicted octanol–water partition coefficient (Wildman–Crippen LogP) is 5.30. The van der Waals surface area contributed by atoms with Crippen LogP contribution in [-0.2, 0) is 6.54 Å². The molecule has 0 saturated carbocycles. The van der Waals surface area contributed by atoms with Gasteiger partial charge < -0.3 is 5.32 Å². The third-order valence-electron chi connectivity index (χ3n) is 2.71. The molecule has 0 aliphatic rings. The van der Waals surface area contributed by atoms with E-state index in [1.54, 1.807) is 0 Å². The molecule has 5 heteroatoms. The van der Waals surface area contributed by atoms with Crippen LogP contribution in [0, 0.1) is 18.6 Å². The lowest BCUT2D eigenvalue weighted by molar-refractivity contribution is 0.585. The van der Waals surface area contributed by atoms with Crippen molar-refractivity contribution in [1.82, 2.24) is 0 Å². The molecule has 0 saturated heterocycles. The molecule has 1 nitrogen and oxygen atoms in total. The number of halogens is 4. The van der Waals surface area contributed by atoms with Crippen LogP contribution in [0.3, 0.4) is 0 Å². The van der Waals surface area contributed by atoms with Crippen molar-refractivity contribution in [3.05, 3.63) is 62.6 Å². The van der Waals surface area contributed by atoms with Gasteiger partial charge in [0, 0.05) is 17.1 Å². The Labute approximate surface area is 123 Å². The van der Waals surface area contributed by atoms with E-state index in [2.05, 4.69) is 21.2 Å². The number of aryl methyl sites for hydroxylation is 1. The summed E-state index contributed by atoms with van der Waals surface area (Å²) in [6.45, 7) is 2.39. The molecule has 2 rings (SSSR count). The Bertz CT molecular complexity index is 593. The summed E-state index contributed by atoms with van der Waals surface area (Å²) in [5, 5.41) is 2.91. The first-order valence-corrected chi connectivity index (χ1v) is 6.78. The molecule has 0 aromatic heterocycles. The minimum absolute atomic E-state index is 0.0312. The highest BCUT2D eigenvalue weighted by atomic mass is 79.9. The SMILES string of the molecule is Cc1ccc(CNc2c(F)cc(F)cc2Cl)cc1Br. The van der Waals surface area contributed by atoms with Crippen LogP contribution in [0.15, 0.2) is 34.8 Å². The maximum atomic E-state index is 13.6. The highest BCUT2D eigenvalue weighted by Gasteiger charge is 2.09. The molecular formula is C14H11BrClF2N. The summed E-state index contributed by atoms with van der Waals surface area (Å²) in [5.41, 5.74) is 2.20. The van der Waals surface area contributed by atoms with Crippen LogP contribution >= 0.6 is 27.5 Å². The number of rotatable bonds is 3. The van der Waals surface area contributed by atoms with Crippen LogP contribution in [0.25, 0.3) is 0 Å². The van der Waals surface area contributed by atoms with Crippen LogP contribution < -0.4 is 5.32 Å². The Morgan fingerprint density at radius 1 is 1.21 bits per heavy atom. The third-order valence-corrected chi connectivity index (χ3v) is 3.86. The van der Waals surface area contributed by atoms with Crippen LogP contribution in [0.4, 0.5) is 14.5 Å². The van der Waals surface area contributed by atoms with Gasteiger partial charge in [-0.15, -0.1) is 0 Å². The van der Waals surface area contributed by atoms with E-state index >= 15 is 0 Å². The van der Waals surface area contributed by atoms with Gasteiger partial charge in [-0.25, -0.2) is 8.78 Å². The lowest BCUT2D eigenvalue weighted by Gasteiger charge is -2.10. The fraction of sp³-hybridized carbons (Fsp3) is 0.143. The molecule has 100 valence electrons. The lowest BCUT2D eigenvalue weighted by atomic mass is 10.1. The van der Waals surface area contributed by atoms with E-state index < -0.39 is 11.6 Å². The summed E-state index contributed by atoms with van der Waals surface area (Å²) in [6.07, 6.45) is 0. The van der Waals surface area contributed by atoms with E-state index in [1.807, 2.05) is 25.1 Å². The molecule has 0 aliphatic heterocycles. The van der Waals surface area contributed by atoms with Gasteiger partial charge in [0.05, 0.1) is 10.7 Å². The molecule has 0 bridgehead atoms. The van der Waals surface area contributed by atoms with Crippen molar-refractivity contribution in [3.8, 4) is 0 Å². The van der Waals surface area contributed by atoms with E-state index in [9.17, 15) is 8.78 Å². The first-order valence-electron chi connectivity index (χ1n) is 5.61. The molecule has 0 spiro atoms. The molecule has 0 unspecified atom stereocenters. The van der Waals surface area contributed by atoms with Crippen molar-refractivity contribution in [3.63, 3.8) is 0 Å². The van der Waals surface area contributed by atoms with E-state index in [4.69, 9.17) is 11.6 Å². The van der Waals surface area contributed by atoms with Crippen LogP contribution in [0.1, 0.15) is 11.1 Å². The summed E-state index contributed by atoms with van der Waals surface area (Å²) < 4.78 is 27.5. The maximum absolute atomic E-state index is 13.6. The van der Waals surface area contributed by atoms with E-state index in [0.29, 0.717) is 6.54 Å². The summed E-state index contributed by atoms with van der Waals surface area (Å²) in [4.78, 5) is 0. The standard InChI is InChI=1S/C14H11BrClF2N/c1-8-2-3-9(4-11(8)15)7-19-14-12(16)5-10(17)6-13(14)18/h2-6,19H,7H2,1H3. The zero-order chi connectivity index (χ0) is 14.0. The van der Waals surface area contributed by atoms with Gasteiger partial charge in [0.1, 0.15) is 5.82 Å². The Balaban J connectivity index is 2.16. The Morgan fingerprint density at radius 2 is 1.95 bits per heavy atom. The molecule has 2 aromatic rings. The monoisotopic (exact) mass is 345 g/mol. The van der Waals surface area contributed by atoms with Crippen LogP contribution in [0.5, 0.6) is 0 Å². The van der Waals surface area contributed by atoms with Gasteiger partial charge in [-0.05, 0) is 30.2 Å². The van der Waals surface area contributed by atoms with Gasteiger partial charge in [-0.2, -0.15) is 0 Å². The van der Waals surface area contributed by atoms with Crippen molar-refractivity contribution in [2.24, 2.45) is 0 Å². The fourth-order valence-electron chi connectivity index (χ4n) is 1.65. The molecule has 0 aliphatic carbocycles. The van der Waals surface area contributed by atoms with E-state index in [0.717, 1.165) is 27.7 Å². The second kappa shape index (κ2) is 5.88. The van der Waals surface area contributed by atoms with Crippen molar-refractivity contribution in [1.29, 1.82) is 0 Å². The maximum Gasteiger partial charge on any atom is 0.150 e. The minimum Gasteiger partial charge on any atom is -0.377 e. The molecular weight excluding hydrogens is 336 g/mol. The van der Waals surface area contributed by atoms with Crippen molar-refractivity contribution in [2.75, 3.05) is 5.32 Å². The molecule has 0 atom stereocenters. The quantitative estimate of drug-likeness (QED) is 0.795. The van der Waals surface area contributed by atoms with Crippen molar-refractivity contribution >= 4 is 33.2 Å². The van der Waals surface area contributed by atoms with Gasteiger partial charge in [0.15, 0.2) is 5.82 Å². The van der Waals surface area contributed by atoms with E-state index in [1.165, 1.54) is 0 Å². The summed E-state index contributed by atoms with van der Waals surface area (Å²) >= 11 is 9.24. The van der Waals surface area contributed by atoms with Gasteiger partial charge in [-0.3, -0.25) is 0 Å². The molecule has 19 heavy (non-hydrogen) atoms. The van der Waals surface area contributed by atoms with E-state index in [-0.39, 0.29) is 10.7 Å². The average molecular weight is 347 g/mol. The molecule has 2 aromatic carbocycles. The summed E-state index contributed by atoms with van der Waals surface area (Å²) in [6, 6.07) is 7.72. The van der Waals surface area contributed by atoms with Crippen molar-refractivity contribution < 1.29 is 8.78 Å². The van der Waals surface area contributed by atoms with Gasteiger partial charge in [0.25, 0.3) is 0 Å². The highest BCUT2D eigenvalue weighted by Crippen LogP contribution is 2.27. The van der Waals surface area contributed by atoms with Crippen LogP contribution in [-0.4, -0.2) is 0 Å². The number of benzene rings is 2. The first kappa shape index (κ1) is 14.3. The Kier molecular flexibility index (Phi) is 4.42. The Morgan fingerprint density at radius 3 is 2.58 bits per heavy atom. The topological polar surface area (TPSA) is 12.0 Å². The zero-order valence-electron chi connectivity index (χ0n) is 10.1. The number of hydrogen-bond acceptors (Lipinski definition) is 1. The molecule has 0 radical (unpaired) electrons. The molecule has 0 heterocycles. The Hall–Kier alpha value is -1.13. The highest BCUT2D eigenvalue weighted by molar-refractivity contribution is 9.10. The summed E-state index contributed by atoms with van der Waals surface area (Å²) in [5.74, 6) is -1.39. The lowest BCUT2D eigenvalue weighted by Crippen LogP contribution is -2.03. The second-order valence-corrected chi connectivity index (χ2v) is 5.44. The average Bonchev–Trinajstić information content (AvgIpc) is 2.32. The number of hydrogen-bond donors (Lipinski definition) is 1. The predicted molar refractivity (Wildman–Crippen MR) is 77.6 cm³/mol. The number of anilines is 1. The molecule has 0 fully saturated rings. The van der Waals surface area contributed by atoms with Gasteiger partial charge >= 0.3 is 0 Å². The van der Waals surface area contributed by atoms with Crippen LogP contribution in [0.2, 0.25) is 5.02 Å². The summed E-state index contributed by atoms with van der Waals surface area (Å²) in [7, 11) is 0. The third kappa shape index (κ3) is 3.45. The van der Waals surface area contributed by atoms with Gasteiger partial charge in [0.2, 0.25) is 0 Å². The first-order chi connectivity index (χ1) is 8.97. The molecule has 0 amide bonds. The molecule has 1 N–H and O–H groups in total. The minimum atomic E-state index is -0.698. The number of nitrogens with one attached hydrogen (secondary N) is 1.